The van der Waals surface area contributed by atoms with Gasteiger partial charge in [0.2, 0.25) is 5.91 Å². The van der Waals surface area contributed by atoms with E-state index in [2.05, 4.69) is 16.4 Å². The number of halogens is 1. The molecule has 5 heteroatoms. The Morgan fingerprint density at radius 1 is 1.13 bits per heavy atom. The molecular formula is C18H17ClN2OS. The molecule has 0 aliphatic rings. The van der Waals surface area contributed by atoms with Gasteiger partial charge in [0.15, 0.2) is 0 Å². The number of para-hydroxylation sites is 1. The zero-order valence-corrected chi connectivity index (χ0v) is 14.2. The molecule has 1 amide bonds. The van der Waals surface area contributed by atoms with Gasteiger partial charge in [-0.3, -0.25) is 4.79 Å². The summed E-state index contributed by atoms with van der Waals surface area (Å²) in [6, 6.07) is 15.8. The highest BCUT2D eigenvalue weighted by Crippen LogP contribution is 2.22. The molecule has 1 N–H and O–H groups in total. The summed E-state index contributed by atoms with van der Waals surface area (Å²) in [5, 5.41) is 4.69. The van der Waals surface area contributed by atoms with Crippen molar-refractivity contribution < 1.29 is 4.79 Å². The lowest BCUT2D eigenvalue weighted by atomic mass is 10.1. The van der Waals surface area contributed by atoms with E-state index in [1.165, 1.54) is 4.70 Å². The van der Waals surface area contributed by atoms with E-state index >= 15 is 0 Å². The van der Waals surface area contributed by atoms with Gasteiger partial charge in [-0.15, -0.1) is 11.3 Å². The molecule has 3 rings (SSSR count). The molecule has 1 aromatic heterocycles. The number of nitrogens with zero attached hydrogens (tertiary/aromatic N) is 1. The summed E-state index contributed by atoms with van der Waals surface area (Å²) < 4.78 is 1.17. The van der Waals surface area contributed by atoms with Crippen LogP contribution >= 0.6 is 22.9 Å². The van der Waals surface area contributed by atoms with Gasteiger partial charge < -0.3 is 5.32 Å². The Bertz CT molecular complexity index is 782. The van der Waals surface area contributed by atoms with Crippen molar-refractivity contribution in [2.45, 2.75) is 19.3 Å². The number of nitrogens with one attached hydrogen (secondary N) is 1. The molecule has 0 saturated carbocycles. The van der Waals surface area contributed by atoms with Gasteiger partial charge in [0.05, 0.1) is 15.2 Å². The van der Waals surface area contributed by atoms with Gasteiger partial charge in [-0.25, -0.2) is 4.98 Å². The quantitative estimate of drug-likeness (QED) is 0.726. The van der Waals surface area contributed by atoms with E-state index in [1.807, 2.05) is 42.5 Å². The fourth-order valence-corrected chi connectivity index (χ4v) is 3.55. The Balaban J connectivity index is 1.44. The Morgan fingerprint density at radius 2 is 2.00 bits per heavy atom. The van der Waals surface area contributed by atoms with Crippen molar-refractivity contribution in [1.29, 1.82) is 0 Å². The minimum absolute atomic E-state index is 0.0614. The summed E-state index contributed by atoms with van der Waals surface area (Å²) in [6.45, 7) is 0.624. The van der Waals surface area contributed by atoms with Crippen molar-refractivity contribution in [3.63, 3.8) is 0 Å². The molecule has 0 bridgehead atoms. The molecule has 0 fully saturated rings. The van der Waals surface area contributed by atoms with E-state index in [0.29, 0.717) is 19.4 Å². The molecule has 0 radical (unpaired) electrons. The average molecular weight is 345 g/mol. The van der Waals surface area contributed by atoms with Gasteiger partial charge in [-0.2, -0.15) is 0 Å². The van der Waals surface area contributed by atoms with Crippen LogP contribution in [-0.4, -0.2) is 17.4 Å². The fourth-order valence-electron chi connectivity index (χ4n) is 2.37. The molecule has 0 unspecified atom stereocenters. The van der Waals surface area contributed by atoms with Crippen molar-refractivity contribution in [1.82, 2.24) is 10.3 Å². The van der Waals surface area contributed by atoms with Gasteiger partial charge in [-0.1, -0.05) is 35.9 Å². The predicted molar refractivity (Wildman–Crippen MR) is 96.1 cm³/mol. The molecule has 1 heterocycles. The first-order chi connectivity index (χ1) is 11.2. The highest BCUT2D eigenvalue weighted by atomic mass is 35.5. The highest BCUT2D eigenvalue weighted by molar-refractivity contribution is 7.18. The maximum Gasteiger partial charge on any atom is 0.220 e. The monoisotopic (exact) mass is 344 g/mol. The normalized spacial score (nSPS) is 10.8. The third-order valence-electron chi connectivity index (χ3n) is 3.53. The smallest absolute Gasteiger partial charge is 0.220 e. The lowest BCUT2D eigenvalue weighted by molar-refractivity contribution is -0.121. The van der Waals surface area contributed by atoms with Gasteiger partial charge in [-0.05, 0) is 36.2 Å². The number of carbonyl (C=O) groups is 1. The van der Waals surface area contributed by atoms with Gasteiger partial charge in [0, 0.05) is 24.4 Å². The van der Waals surface area contributed by atoms with Crippen molar-refractivity contribution >= 4 is 39.1 Å². The van der Waals surface area contributed by atoms with E-state index in [9.17, 15) is 4.79 Å². The highest BCUT2D eigenvalue weighted by Gasteiger charge is 2.06. The third-order valence-corrected chi connectivity index (χ3v) is 4.86. The SMILES string of the molecule is O=C(CCc1nc2ccccc2s1)NCCc1cccc(Cl)c1. The Morgan fingerprint density at radius 3 is 2.83 bits per heavy atom. The first-order valence-electron chi connectivity index (χ1n) is 7.56. The van der Waals surface area contributed by atoms with Crippen molar-refractivity contribution in [3.8, 4) is 0 Å². The molecular weight excluding hydrogens is 328 g/mol. The van der Waals surface area contributed by atoms with E-state index in [0.717, 1.165) is 27.5 Å². The largest absolute Gasteiger partial charge is 0.356 e. The van der Waals surface area contributed by atoms with Crippen LogP contribution < -0.4 is 5.32 Å². The summed E-state index contributed by atoms with van der Waals surface area (Å²) in [5.41, 5.74) is 2.14. The molecule has 0 aliphatic heterocycles. The molecule has 0 aliphatic carbocycles. The standard InChI is InChI=1S/C18H17ClN2OS/c19-14-5-3-4-13(12-14)10-11-20-17(22)8-9-18-21-15-6-1-2-7-16(15)23-18/h1-7,12H,8-11H2,(H,20,22). The number of hydrogen-bond acceptors (Lipinski definition) is 3. The topological polar surface area (TPSA) is 42.0 Å². The maximum atomic E-state index is 11.9. The summed E-state index contributed by atoms with van der Waals surface area (Å²) in [4.78, 5) is 16.5. The van der Waals surface area contributed by atoms with E-state index in [1.54, 1.807) is 11.3 Å². The predicted octanol–water partition coefficient (Wildman–Crippen LogP) is 4.24. The maximum absolute atomic E-state index is 11.9. The van der Waals surface area contributed by atoms with E-state index in [4.69, 9.17) is 11.6 Å². The molecule has 118 valence electrons. The van der Waals surface area contributed by atoms with Crippen LogP contribution in [0.15, 0.2) is 48.5 Å². The Kier molecular flexibility index (Phi) is 5.26. The minimum Gasteiger partial charge on any atom is -0.356 e. The number of carbonyl (C=O) groups excluding carboxylic acids is 1. The molecule has 3 aromatic rings. The third kappa shape index (κ3) is 4.53. The number of hydrogen-bond donors (Lipinski definition) is 1. The summed E-state index contributed by atoms with van der Waals surface area (Å²) in [7, 11) is 0. The van der Waals surface area contributed by atoms with Gasteiger partial charge in [0.1, 0.15) is 0 Å². The first kappa shape index (κ1) is 16.0. The summed E-state index contributed by atoms with van der Waals surface area (Å²) in [5.74, 6) is 0.0614. The second-order valence-corrected chi connectivity index (χ2v) is 6.86. The summed E-state index contributed by atoms with van der Waals surface area (Å²) >= 11 is 7.60. The average Bonchev–Trinajstić information content (AvgIpc) is 2.96. The number of aryl methyl sites for hydroxylation is 1. The van der Waals surface area contributed by atoms with Crippen LogP contribution in [0.2, 0.25) is 5.02 Å². The zero-order chi connectivity index (χ0) is 16.1. The number of benzene rings is 2. The van der Waals surface area contributed by atoms with Crippen LogP contribution in [-0.2, 0) is 17.6 Å². The van der Waals surface area contributed by atoms with E-state index in [-0.39, 0.29) is 5.91 Å². The van der Waals surface area contributed by atoms with Crippen molar-refractivity contribution in [2.24, 2.45) is 0 Å². The minimum atomic E-state index is 0.0614. The number of aromatic nitrogens is 1. The van der Waals surface area contributed by atoms with Crippen LogP contribution in [0.1, 0.15) is 17.0 Å². The number of fused-ring (bicyclic) bond motifs is 1. The van der Waals surface area contributed by atoms with Gasteiger partial charge >= 0.3 is 0 Å². The van der Waals surface area contributed by atoms with E-state index < -0.39 is 0 Å². The van der Waals surface area contributed by atoms with Crippen LogP contribution in [0, 0.1) is 0 Å². The van der Waals surface area contributed by atoms with Crippen LogP contribution in [0.4, 0.5) is 0 Å². The van der Waals surface area contributed by atoms with Crippen molar-refractivity contribution in [2.75, 3.05) is 6.54 Å². The van der Waals surface area contributed by atoms with Crippen LogP contribution in [0.5, 0.6) is 0 Å². The van der Waals surface area contributed by atoms with Crippen LogP contribution in [0.25, 0.3) is 10.2 Å². The van der Waals surface area contributed by atoms with Gasteiger partial charge in [0.25, 0.3) is 0 Å². The number of amides is 1. The molecule has 2 aromatic carbocycles. The Hall–Kier alpha value is -1.91. The lowest BCUT2D eigenvalue weighted by Crippen LogP contribution is -2.25. The molecule has 0 atom stereocenters. The number of thiazole rings is 1. The molecule has 0 saturated heterocycles. The summed E-state index contributed by atoms with van der Waals surface area (Å²) in [6.07, 6.45) is 1.94. The number of rotatable bonds is 6. The fraction of sp³-hybridized carbons (Fsp3) is 0.222. The zero-order valence-electron chi connectivity index (χ0n) is 12.6. The lowest BCUT2D eigenvalue weighted by Gasteiger charge is -2.05. The molecule has 23 heavy (non-hydrogen) atoms. The second kappa shape index (κ2) is 7.57. The van der Waals surface area contributed by atoms with Crippen molar-refractivity contribution in [3.05, 3.63) is 64.1 Å². The second-order valence-electron chi connectivity index (χ2n) is 5.31. The molecule has 0 spiro atoms. The Labute approximate surface area is 144 Å². The van der Waals surface area contributed by atoms with Crippen LogP contribution in [0.3, 0.4) is 0 Å². The first-order valence-corrected chi connectivity index (χ1v) is 8.76. The molecule has 3 nitrogen and oxygen atoms in total.